The number of carbonyl (C=O) groups is 1. The van der Waals surface area contributed by atoms with Crippen molar-refractivity contribution < 1.29 is 18.7 Å². The lowest BCUT2D eigenvalue weighted by molar-refractivity contribution is -0.0366. The summed E-state index contributed by atoms with van der Waals surface area (Å²) in [5, 5.41) is 6.33. The van der Waals surface area contributed by atoms with Crippen molar-refractivity contribution >= 4 is 45.3 Å². The molecular weight excluding hydrogens is 571 g/mol. The van der Waals surface area contributed by atoms with Gasteiger partial charge in [-0.2, -0.15) is 5.10 Å². The summed E-state index contributed by atoms with van der Waals surface area (Å²) in [5.74, 6) is 0.0725. The number of aromatic nitrogens is 4. The van der Waals surface area contributed by atoms with Crippen LogP contribution < -0.4 is 4.90 Å². The molecule has 2 aliphatic heterocycles. The topological polar surface area (TPSA) is 85.6 Å². The molecule has 2 saturated heterocycles. The molecule has 43 heavy (non-hydrogen) atoms. The SMILES string of the molecule is Cc1ccc2cnn(C3CCCCO3)c2c1-c1c(Cl)cc2c(N3CC(C)N(C(=O)OC(C)(C)C)CC3C)ncnc2c1F. The van der Waals surface area contributed by atoms with Gasteiger partial charge in [0, 0.05) is 53.7 Å². The highest BCUT2D eigenvalue weighted by Gasteiger charge is 2.36. The number of hydrogen-bond acceptors (Lipinski definition) is 7. The molecular formula is C32H38ClFN6O3. The van der Waals surface area contributed by atoms with Crippen LogP contribution in [0.2, 0.25) is 5.02 Å². The van der Waals surface area contributed by atoms with Gasteiger partial charge in [0.15, 0.2) is 12.0 Å². The zero-order valence-electron chi connectivity index (χ0n) is 25.5. The zero-order valence-corrected chi connectivity index (χ0v) is 26.3. The van der Waals surface area contributed by atoms with E-state index in [2.05, 4.69) is 20.0 Å². The van der Waals surface area contributed by atoms with Gasteiger partial charge in [-0.1, -0.05) is 23.7 Å². The predicted octanol–water partition coefficient (Wildman–Crippen LogP) is 7.28. The second kappa shape index (κ2) is 11.2. The van der Waals surface area contributed by atoms with E-state index in [4.69, 9.17) is 21.1 Å². The van der Waals surface area contributed by atoms with Crippen LogP contribution in [0.5, 0.6) is 0 Å². The van der Waals surface area contributed by atoms with Crippen LogP contribution in [0.25, 0.3) is 32.9 Å². The van der Waals surface area contributed by atoms with Crippen molar-refractivity contribution in [3.8, 4) is 11.1 Å². The fourth-order valence-corrected chi connectivity index (χ4v) is 6.55. The molecule has 4 aromatic rings. The van der Waals surface area contributed by atoms with Crippen LogP contribution >= 0.6 is 11.6 Å². The maximum Gasteiger partial charge on any atom is 0.410 e. The molecule has 3 atom stereocenters. The Morgan fingerprint density at radius 3 is 2.63 bits per heavy atom. The number of ether oxygens (including phenoxy) is 2. The number of anilines is 1. The molecule has 11 heteroatoms. The van der Waals surface area contributed by atoms with Crippen LogP contribution in [0.4, 0.5) is 15.0 Å². The molecule has 2 fully saturated rings. The molecule has 3 unspecified atom stereocenters. The third-order valence-electron chi connectivity index (χ3n) is 8.33. The third kappa shape index (κ3) is 5.40. The quantitative estimate of drug-likeness (QED) is 0.242. The fourth-order valence-electron chi connectivity index (χ4n) is 6.26. The van der Waals surface area contributed by atoms with Crippen LogP contribution in [0.1, 0.15) is 65.7 Å². The summed E-state index contributed by atoms with van der Waals surface area (Å²) in [6.07, 6.45) is 5.52. The van der Waals surface area contributed by atoms with E-state index in [0.29, 0.717) is 36.5 Å². The molecule has 2 aromatic carbocycles. The second-order valence-electron chi connectivity index (χ2n) is 12.7. The van der Waals surface area contributed by atoms with Crippen molar-refractivity contribution in [1.82, 2.24) is 24.6 Å². The molecule has 2 aliphatic rings. The van der Waals surface area contributed by atoms with Gasteiger partial charge in [-0.25, -0.2) is 23.8 Å². The van der Waals surface area contributed by atoms with Crippen molar-refractivity contribution in [2.24, 2.45) is 0 Å². The molecule has 4 heterocycles. The van der Waals surface area contributed by atoms with E-state index in [0.717, 1.165) is 35.7 Å². The number of carbonyl (C=O) groups excluding carboxylic acids is 1. The number of amides is 1. The van der Waals surface area contributed by atoms with Crippen molar-refractivity contribution in [2.45, 2.75) is 84.7 Å². The van der Waals surface area contributed by atoms with Crippen LogP contribution in [-0.4, -0.2) is 68.1 Å². The number of fused-ring (bicyclic) bond motifs is 2. The van der Waals surface area contributed by atoms with Crippen molar-refractivity contribution in [3.05, 3.63) is 47.1 Å². The average molecular weight is 609 g/mol. The Morgan fingerprint density at radius 1 is 1.12 bits per heavy atom. The maximum absolute atomic E-state index is 16.7. The van der Waals surface area contributed by atoms with E-state index in [9.17, 15) is 4.79 Å². The smallest absolute Gasteiger partial charge is 0.410 e. The van der Waals surface area contributed by atoms with Gasteiger partial charge < -0.3 is 19.3 Å². The van der Waals surface area contributed by atoms with Crippen LogP contribution in [0.15, 0.2) is 30.7 Å². The molecule has 0 N–H and O–H groups in total. The van der Waals surface area contributed by atoms with Crippen LogP contribution in [0, 0.1) is 12.7 Å². The van der Waals surface area contributed by atoms with Crippen molar-refractivity contribution in [2.75, 3.05) is 24.6 Å². The monoisotopic (exact) mass is 608 g/mol. The van der Waals surface area contributed by atoms with Crippen LogP contribution in [-0.2, 0) is 9.47 Å². The molecule has 0 bridgehead atoms. The van der Waals surface area contributed by atoms with Gasteiger partial charge in [0.25, 0.3) is 0 Å². The first kappa shape index (κ1) is 29.6. The van der Waals surface area contributed by atoms with Gasteiger partial charge in [-0.3, -0.25) is 0 Å². The largest absolute Gasteiger partial charge is 0.444 e. The average Bonchev–Trinajstić information content (AvgIpc) is 3.39. The Bertz CT molecular complexity index is 1700. The van der Waals surface area contributed by atoms with E-state index in [-0.39, 0.29) is 40.5 Å². The van der Waals surface area contributed by atoms with Crippen molar-refractivity contribution in [3.63, 3.8) is 0 Å². The molecule has 9 nitrogen and oxygen atoms in total. The standard InChI is InChI=1S/C32H38ClFN6O3/c1-18-10-11-21-14-37-40(24-9-7-8-12-42-24)29(21)25(18)26-23(33)13-22-28(27(26)34)35-17-36-30(22)38-15-20(3)39(16-19(38)2)31(41)43-32(4,5)6/h10-11,13-14,17,19-20,24H,7-9,12,15-16H2,1-6H3. The minimum absolute atomic E-state index is 0.107. The number of rotatable bonds is 3. The lowest BCUT2D eigenvalue weighted by Crippen LogP contribution is -2.59. The molecule has 0 aliphatic carbocycles. The first-order valence-electron chi connectivity index (χ1n) is 14.9. The number of hydrogen-bond donors (Lipinski definition) is 0. The van der Waals surface area contributed by atoms with E-state index in [1.54, 1.807) is 17.2 Å². The van der Waals surface area contributed by atoms with Gasteiger partial charge in [0.2, 0.25) is 0 Å². The molecule has 228 valence electrons. The highest BCUT2D eigenvalue weighted by Crippen LogP contribution is 2.43. The molecule has 1 amide bonds. The lowest BCUT2D eigenvalue weighted by Gasteiger charge is -2.44. The number of halogens is 2. The van der Waals surface area contributed by atoms with Gasteiger partial charge in [-0.15, -0.1) is 0 Å². The highest BCUT2D eigenvalue weighted by molar-refractivity contribution is 6.35. The van der Waals surface area contributed by atoms with E-state index in [1.807, 2.05) is 58.4 Å². The summed E-state index contributed by atoms with van der Waals surface area (Å²) in [7, 11) is 0. The summed E-state index contributed by atoms with van der Waals surface area (Å²) in [4.78, 5) is 25.7. The Morgan fingerprint density at radius 2 is 1.91 bits per heavy atom. The Balaban J connectivity index is 1.42. The molecule has 0 saturated carbocycles. The first-order chi connectivity index (χ1) is 20.4. The Labute approximate surface area is 255 Å². The van der Waals surface area contributed by atoms with E-state index in [1.165, 1.54) is 6.33 Å². The second-order valence-corrected chi connectivity index (χ2v) is 13.1. The summed E-state index contributed by atoms with van der Waals surface area (Å²) in [6, 6.07) is 5.46. The van der Waals surface area contributed by atoms with Crippen LogP contribution in [0.3, 0.4) is 0 Å². The predicted molar refractivity (Wildman–Crippen MR) is 166 cm³/mol. The number of piperazine rings is 1. The molecule has 0 spiro atoms. The van der Waals surface area contributed by atoms with E-state index < -0.39 is 11.4 Å². The maximum atomic E-state index is 16.7. The summed E-state index contributed by atoms with van der Waals surface area (Å²) < 4.78 is 30.3. The number of nitrogens with zero attached hydrogens (tertiary/aromatic N) is 6. The first-order valence-corrected chi connectivity index (χ1v) is 15.3. The molecule has 0 radical (unpaired) electrons. The Kier molecular flexibility index (Phi) is 7.71. The molecule has 6 rings (SSSR count). The number of benzene rings is 2. The van der Waals surface area contributed by atoms with Gasteiger partial charge in [0.1, 0.15) is 23.3 Å². The lowest BCUT2D eigenvalue weighted by atomic mass is 9.95. The minimum atomic E-state index is -0.587. The Hall–Kier alpha value is -3.50. The van der Waals surface area contributed by atoms with Gasteiger partial charge >= 0.3 is 6.09 Å². The third-order valence-corrected chi connectivity index (χ3v) is 8.63. The van der Waals surface area contributed by atoms with E-state index >= 15 is 4.39 Å². The van der Waals surface area contributed by atoms with Crippen molar-refractivity contribution in [1.29, 1.82) is 0 Å². The molecule has 2 aromatic heterocycles. The van der Waals surface area contributed by atoms with Gasteiger partial charge in [-0.05, 0) is 72.4 Å². The highest BCUT2D eigenvalue weighted by atomic mass is 35.5. The number of aryl methyl sites for hydroxylation is 1. The summed E-state index contributed by atoms with van der Waals surface area (Å²) >= 11 is 6.98. The minimum Gasteiger partial charge on any atom is -0.444 e. The summed E-state index contributed by atoms with van der Waals surface area (Å²) in [6.45, 7) is 13.1. The normalized spacial score (nSPS) is 21.5. The summed E-state index contributed by atoms with van der Waals surface area (Å²) in [5.41, 5.74) is 2.24. The zero-order chi connectivity index (χ0) is 30.6. The fraction of sp³-hybridized carbons (Fsp3) is 0.500. The van der Waals surface area contributed by atoms with Gasteiger partial charge in [0.05, 0.1) is 16.7 Å².